The fourth-order valence-electron chi connectivity index (χ4n) is 4.90. The summed E-state index contributed by atoms with van der Waals surface area (Å²) in [7, 11) is 0. The average molecular weight is 484 g/mol. The molecule has 0 aliphatic heterocycles. The number of nitrogens with zero attached hydrogens (tertiary/aromatic N) is 2. The first-order chi connectivity index (χ1) is 18.2. The van der Waals surface area contributed by atoms with E-state index in [1.165, 1.54) is 0 Å². The number of hydrogen-bond donors (Lipinski definition) is 1. The van der Waals surface area contributed by atoms with Gasteiger partial charge in [-0.25, -0.2) is 4.98 Å². The second-order valence-corrected chi connectivity index (χ2v) is 8.75. The fraction of sp³-hybridized carbons (Fsp3) is 0.0938. The maximum atomic E-state index is 13.4. The van der Waals surface area contributed by atoms with Gasteiger partial charge in [0.25, 0.3) is 0 Å². The molecule has 0 amide bonds. The normalized spacial score (nSPS) is 11.9. The third-order valence-electron chi connectivity index (χ3n) is 6.55. The molecular weight excluding hydrogens is 458 g/mol. The molecule has 0 fully saturated rings. The first-order valence-electron chi connectivity index (χ1n) is 12.1. The van der Waals surface area contributed by atoms with Crippen LogP contribution in [0.2, 0.25) is 0 Å². The molecule has 5 nitrogen and oxygen atoms in total. The molecule has 4 aromatic carbocycles. The molecule has 0 saturated carbocycles. The molecular formula is C32H25N3O2. The third-order valence-corrected chi connectivity index (χ3v) is 6.55. The van der Waals surface area contributed by atoms with Gasteiger partial charge in [0.05, 0.1) is 35.5 Å². The smallest absolute Gasteiger partial charge is 0.312 e. The quantitative estimate of drug-likeness (QED) is 0.212. The molecule has 5 aromatic rings. The van der Waals surface area contributed by atoms with E-state index in [-0.39, 0.29) is 6.42 Å². The molecule has 1 atom stereocenters. The number of benzene rings is 4. The third kappa shape index (κ3) is 4.78. The highest BCUT2D eigenvalue weighted by atomic mass is 16.5. The van der Waals surface area contributed by atoms with Crippen LogP contribution >= 0.6 is 0 Å². The van der Waals surface area contributed by atoms with E-state index in [1.54, 1.807) is 24.7 Å². The van der Waals surface area contributed by atoms with E-state index >= 15 is 0 Å². The molecule has 37 heavy (non-hydrogen) atoms. The zero-order chi connectivity index (χ0) is 25.5. The SMILES string of the molecule is N#Cc1ccc(C(OC(=O)Cc2c[nH]cn2)C(c2ccccc2)(c2ccccc2)c2ccccc2)cc1. The van der Waals surface area contributed by atoms with E-state index in [0.717, 1.165) is 22.3 Å². The Morgan fingerprint density at radius 2 is 1.32 bits per heavy atom. The summed E-state index contributed by atoms with van der Waals surface area (Å²) in [5.74, 6) is -0.395. The fourth-order valence-corrected chi connectivity index (χ4v) is 4.90. The Hall–Kier alpha value is -4.95. The number of rotatable bonds is 8. The van der Waals surface area contributed by atoms with E-state index in [2.05, 4.69) is 52.4 Å². The lowest BCUT2D eigenvalue weighted by molar-refractivity contribution is -0.151. The summed E-state index contributed by atoms with van der Waals surface area (Å²) in [4.78, 5) is 20.5. The number of aromatic nitrogens is 2. The monoisotopic (exact) mass is 483 g/mol. The molecule has 0 saturated heterocycles. The summed E-state index contributed by atoms with van der Waals surface area (Å²) in [5, 5.41) is 9.40. The van der Waals surface area contributed by atoms with Crippen molar-refractivity contribution in [3.63, 3.8) is 0 Å². The Labute approximate surface area is 216 Å². The van der Waals surface area contributed by atoms with Crippen molar-refractivity contribution >= 4 is 5.97 Å². The number of carbonyl (C=O) groups excluding carboxylic acids is 1. The Balaban J connectivity index is 1.77. The zero-order valence-corrected chi connectivity index (χ0v) is 20.1. The first kappa shape index (κ1) is 23.8. The molecule has 0 spiro atoms. The minimum absolute atomic E-state index is 0.0325. The van der Waals surface area contributed by atoms with Gasteiger partial charge < -0.3 is 9.72 Å². The summed E-state index contributed by atoms with van der Waals surface area (Å²) < 4.78 is 6.44. The van der Waals surface area contributed by atoms with E-state index in [4.69, 9.17) is 4.74 Å². The van der Waals surface area contributed by atoms with Gasteiger partial charge in [0, 0.05) is 6.20 Å². The highest BCUT2D eigenvalue weighted by Crippen LogP contribution is 2.50. The van der Waals surface area contributed by atoms with Gasteiger partial charge in [-0.1, -0.05) is 103 Å². The number of aromatic amines is 1. The van der Waals surface area contributed by atoms with E-state index in [0.29, 0.717) is 11.3 Å². The number of hydrogen-bond acceptors (Lipinski definition) is 4. The number of ether oxygens (including phenoxy) is 1. The summed E-state index contributed by atoms with van der Waals surface area (Å²) in [6, 6.07) is 39.8. The predicted molar refractivity (Wildman–Crippen MR) is 141 cm³/mol. The predicted octanol–water partition coefficient (Wildman–Crippen LogP) is 6.14. The van der Waals surface area contributed by atoms with Crippen LogP contribution in [0.3, 0.4) is 0 Å². The van der Waals surface area contributed by atoms with Crippen LogP contribution in [0.4, 0.5) is 0 Å². The van der Waals surface area contributed by atoms with Gasteiger partial charge in [-0.15, -0.1) is 0 Å². The number of nitrogens with one attached hydrogen (secondary N) is 1. The Morgan fingerprint density at radius 1 is 0.811 bits per heavy atom. The Kier molecular flexibility index (Phi) is 6.91. The Bertz CT molecular complexity index is 1380. The molecule has 0 aliphatic carbocycles. The van der Waals surface area contributed by atoms with Gasteiger partial charge in [0.15, 0.2) is 0 Å². The highest BCUT2D eigenvalue weighted by Gasteiger charge is 2.47. The summed E-state index contributed by atoms with van der Waals surface area (Å²) in [5.41, 5.74) is 3.99. The maximum Gasteiger partial charge on any atom is 0.312 e. The van der Waals surface area contributed by atoms with Crippen LogP contribution in [-0.4, -0.2) is 15.9 Å². The van der Waals surface area contributed by atoms with Crippen molar-refractivity contribution in [1.82, 2.24) is 9.97 Å². The van der Waals surface area contributed by atoms with Gasteiger partial charge >= 0.3 is 5.97 Å². The molecule has 1 unspecified atom stereocenters. The number of H-pyrrole nitrogens is 1. The van der Waals surface area contributed by atoms with Gasteiger partial charge in [-0.05, 0) is 34.4 Å². The minimum Gasteiger partial charge on any atom is -0.455 e. The Morgan fingerprint density at radius 3 is 1.76 bits per heavy atom. The van der Waals surface area contributed by atoms with Crippen molar-refractivity contribution in [3.05, 3.63) is 161 Å². The number of carbonyl (C=O) groups is 1. The number of nitriles is 1. The van der Waals surface area contributed by atoms with Crippen LogP contribution in [0.5, 0.6) is 0 Å². The second kappa shape index (κ2) is 10.8. The highest BCUT2D eigenvalue weighted by molar-refractivity contribution is 5.73. The molecule has 5 rings (SSSR count). The molecule has 5 heteroatoms. The lowest BCUT2D eigenvalue weighted by atomic mass is 9.64. The van der Waals surface area contributed by atoms with Gasteiger partial charge in [0.2, 0.25) is 0 Å². The largest absolute Gasteiger partial charge is 0.455 e. The lowest BCUT2D eigenvalue weighted by Gasteiger charge is -2.42. The van der Waals surface area contributed by atoms with E-state index < -0.39 is 17.5 Å². The number of esters is 1. The summed E-state index contributed by atoms with van der Waals surface area (Å²) in [6.45, 7) is 0. The number of imidazole rings is 1. The first-order valence-corrected chi connectivity index (χ1v) is 12.1. The molecule has 0 bridgehead atoms. The van der Waals surface area contributed by atoms with Crippen molar-refractivity contribution in [2.24, 2.45) is 0 Å². The molecule has 1 heterocycles. The van der Waals surface area contributed by atoms with Crippen LogP contribution in [0.1, 0.15) is 39.6 Å². The van der Waals surface area contributed by atoms with Crippen molar-refractivity contribution in [2.75, 3.05) is 0 Å². The molecule has 0 aliphatic rings. The molecule has 1 N–H and O–H groups in total. The van der Waals surface area contributed by atoms with Gasteiger partial charge in [-0.3, -0.25) is 4.79 Å². The van der Waals surface area contributed by atoms with Crippen LogP contribution in [0.25, 0.3) is 0 Å². The van der Waals surface area contributed by atoms with Crippen molar-refractivity contribution < 1.29 is 9.53 Å². The standard InChI is InChI=1S/C32H25N3O2/c33-21-24-16-18-25(19-17-24)31(37-30(36)20-29-22-34-23-35-29)32(26-10-4-1-5-11-26,27-12-6-2-7-13-27)28-14-8-3-9-15-28/h1-19,22-23,31H,20H2,(H,34,35). The van der Waals surface area contributed by atoms with E-state index in [9.17, 15) is 10.1 Å². The maximum absolute atomic E-state index is 13.4. The van der Waals surface area contributed by atoms with Crippen molar-refractivity contribution in [1.29, 1.82) is 5.26 Å². The van der Waals surface area contributed by atoms with Crippen molar-refractivity contribution in [2.45, 2.75) is 17.9 Å². The molecule has 180 valence electrons. The van der Waals surface area contributed by atoms with Crippen LogP contribution in [0, 0.1) is 11.3 Å². The van der Waals surface area contributed by atoms with Crippen LogP contribution < -0.4 is 0 Å². The minimum atomic E-state index is -0.876. The zero-order valence-electron chi connectivity index (χ0n) is 20.1. The van der Waals surface area contributed by atoms with Gasteiger partial charge in [-0.2, -0.15) is 5.26 Å². The average Bonchev–Trinajstić information content (AvgIpc) is 3.48. The summed E-state index contributed by atoms with van der Waals surface area (Å²) in [6.07, 6.45) is 2.53. The topological polar surface area (TPSA) is 78.8 Å². The molecule has 1 aromatic heterocycles. The molecule has 0 radical (unpaired) electrons. The second-order valence-electron chi connectivity index (χ2n) is 8.75. The van der Waals surface area contributed by atoms with Crippen LogP contribution in [-0.2, 0) is 21.4 Å². The van der Waals surface area contributed by atoms with Gasteiger partial charge in [0.1, 0.15) is 6.10 Å². The lowest BCUT2D eigenvalue weighted by Crippen LogP contribution is -2.39. The van der Waals surface area contributed by atoms with Crippen LogP contribution in [0.15, 0.2) is 128 Å². The van der Waals surface area contributed by atoms with Crippen molar-refractivity contribution in [3.8, 4) is 6.07 Å². The van der Waals surface area contributed by atoms with E-state index in [1.807, 2.05) is 66.7 Å². The summed E-state index contributed by atoms with van der Waals surface area (Å²) >= 11 is 0.